The van der Waals surface area contributed by atoms with Crippen LogP contribution in [-0.4, -0.2) is 5.16 Å². The summed E-state index contributed by atoms with van der Waals surface area (Å²) < 4.78 is 4.78. The fraction of sp³-hybridized carbons (Fsp3) is 0.364. The van der Waals surface area contributed by atoms with Crippen LogP contribution in [0, 0.1) is 0 Å². The average molecular weight is 222 g/mol. The molecule has 0 amide bonds. The van der Waals surface area contributed by atoms with Gasteiger partial charge in [-0.25, -0.2) is 0 Å². The van der Waals surface area contributed by atoms with Gasteiger partial charge in [0.2, 0.25) is 0 Å². The molecule has 3 nitrogen and oxygen atoms in total. The molecule has 0 saturated heterocycles. The summed E-state index contributed by atoms with van der Waals surface area (Å²) in [4.78, 5) is 1.38. The molecule has 1 atom stereocenters. The Balaban J connectivity index is 1.92. The normalized spacial score (nSPS) is 12.9. The second-order valence-electron chi connectivity index (χ2n) is 3.35. The Labute approximate surface area is 93.1 Å². The summed E-state index contributed by atoms with van der Waals surface area (Å²) in [5.41, 5.74) is 0.949. The minimum absolute atomic E-state index is 0.418. The second-order valence-corrected chi connectivity index (χ2v) is 4.33. The van der Waals surface area contributed by atoms with Crippen molar-refractivity contribution in [2.75, 3.05) is 0 Å². The number of thiophene rings is 1. The summed E-state index contributed by atoms with van der Waals surface area (Å²) in [6, 6.07) is 6.55. The highest BCUT2D eigenvalue weighted by molar-refractivity contribution is 7.10. The Morgan fingerprint density at radius 1 is 1.53 bits per heavy atom. The second kappa shape index (κ2) is 5.09. The minimum Gasteiger partial charge on any atom is -0.364 e. The standard InChI is InChI=1S/C11H14N2OS/c1-2-10(11-4-3-7-15-11)12-8-9-5-6-14-13-9/h3-7,10,12H,2,8H2,1H3. The molecular formula is C11H14N2OS. The molecule has 2 rings (SSSR count). The molecule has 1 unspecified atom stereocenters. The minimum atomic E-state index is 0.418. The van der Waals surface area contributed by atoms with E-state index in [9.17, 15) is 0 Å². The van der Waals surface area contributed by atoms with E-state index in [0.717, 1.165) is 18.7 Å². The highest BCUT2D eigenvalue weighted by Gasteiger charge is 2.09. The van der Waals surface area contributed by atoms with E-state index in [1.807, 2.05) is 6.07 Å². The molecule has 0 aliphatic rings. The highest BCUT2D eigenvalue weighted by atomic mass is 32.1. The van der Waals surface area contributed by atoms with Crippen molar-refractivity contribution in [1.82, 2.24) is 10.5 Å². The first-order chi connectivity index (χ1) is 7.40. The Kier molecular flexibility index (Phi) is 3.53. The lowest BCUT2D eigenvalue weighted by Crippen LogP contribution is -2.19. The van der Waals surface area contributed by atoms with Crippen molar-refractivity contribution in [2.24, 2.45) is 0 Å². The van der Waals surface area contributed by atoms with Crippen LogP contribution in [0.25, 0.3) is 0 Å². The number of aromatic nitrogens is 1. The van der Waals surface area contributed by atoms with Crippen LogP contribution in [0.5, 0.6) is 0 Å². The smallest absolute Gasteiger partial charge is 0.124 e. The fourth-order valence-corrected chi connectivity index (χ4v) is 2.38. The molecule has 2 heterocycles. The molecule has 15 heavy (non-hydrogen) atoms. The Hall–Kier alpha value is -1.13. The van der Waals surface area contributed by atoms with E-state index >= 15 is 0 Å². The summed E-state index contributed by atoms with van der Waals surface area (Å²) >= 11 is 1.79. The number of nitrogens with one attached hydrogen (secondary N) is 1. The average Bonchev–Trinajstić information content (AvgIpc) is 2.90. The van der Waals surface area contributed by atoms with Gasteiger partial charge in [-0.05, 0) is 17.9 Å². The molecule has 0 aliphatic carbocycles. The molecule has 0 bridgehead atoms. The van der Waals surface area contributed by atoms with E-state index in [-0.39, 0.29) is 0 Å². The van der Waals surface area contributed by atoms with Gasteiger partial charge in [-0.1, -0.05) is 18.1 Å². The summed E-state index contributed by atoms with van der Waals surface area (Å²) in [5, 5.41) is 9.44. The van der Waals surface area contributed by atoms with Crippen LogP contribution in [0.15, 0.2) is 34.4 Å². The van der Waals surface area contributed by atoms with Crippen LogP contribution in [-0.2, 0) is 6.54 Å². The van der Waals surface area contributed by atoms with Crippen LogP contribution in [0.2, 0.25) is 0 Å². The molecule has 2 aromatic rings. The number of hydrogen-bond acceptors (Lipinski definition) is 4. The van der Waals surface area contributed by atoms with Gasteiger partial charge in [-0.2, -0.15) is 0 Å². The Morgan fingerprint density at radius 2 is 2.47 bits per heavy atom. The van der Waals surface area contributed by atoms with E-state index in [1.165, 1.54) is 4.88 Å². The van der Waals surface area contributed by atoms with Crippen molar-refractivity contribution in [2.45, 2.75) is 25.9 Å². The SMILES string of the molecule is CCC(NCc1ccon1)c1cccs1. The molecular weight excluding hydrogens is 208 g/mol. The van der Waals surface area contributed by atoms with Crippen molar-refractivity contribution < 1.29 is 4.52 Å². The van der Waals surface area contributed by atoms with Gasteiger partial charge in [-0.15, -0.1) is 11.3 Å². The number of nitrogens with zero attached hydrogens (tertiary/aromatic N) is 1. The van der Waals surface area contributed by atoms with Crippen molar-refractivity contribution in [3.8, 4) is 0 Å². The largest absolute Gasteiger partial charge is 0.364 e. The fourth-order valence-electron chi connectivity index (χ4n) is 1.49. The zero-order valence-electron chi connectivity index (χ0n) is 8.64. The van der Waals surface area contributed by atoms with Crippen LogP contribution < -0.4 is 5.32 Å². The summed E-state index contributed by atoms with van der Waals surface area (Å²) in [5.74, 6) is 0. The van der Waals surface area contributed by atoms with Gasteiger partial charge in [0.25, 0.3) is 0 Å². The van der Waals surface area contributed by atoms with Gasteiger partial charge >= 0.3 is 0 Å². The molecule has 0 aliphatic heterocycles. The predicted molar refractivity (Wildman–Crippen MR) is 60.7 cm³/mol. The van der Waals surface area contributed by atoms with E-state index in [4.69, 9.17) is 4.52 Å². The highest BCUT2D eigenvalue weighted by Crippen LogP contribution is 2.21. The zero-order chi connectivity index (χ0) is 10.5. The lowest BCUT2D eigenvalue weighted by atomic mass is 10.2. The molecule has 0 aromatic carbocycles. The van der Waals surface area contributed by atoms with E-state index in [1.54, 1.807) is 17.6 Å². The van der Waals surface area contributed by atoms with Crippen LogP contribution >= 0.6 is 11.3 Å². The first kappa shape index (κ1) is 10.4. The molecule has 0 saturated carbocycles. The van der Waals surface area contributed by atoms with Gasteiger partial charge in [0, 0.05) is 23.5 Å². The van der Waals surface area contributed by atoms with Crippen molar-refractivity contribution >= 4 is 11.3 Å². The first-order valence-corrected chi connectivity index (χ1v) is 5.94. The maximum atomic E-state index is 4.78. The topological polar surface area (TPSA) is 38.1 Å². The van der Waals surface area contributed by atoms with Crippen LogP contribution in [0.3, 0.4) is 0 Å². The van der Waals surface area contributed by atoms with E-state index in [2.05, 4.69) is 34.9 Å². The monoisotopic (exact) mass is 222 g/mol. The molecule has 0 fully saturated rings. The third kappa shape index (κ3) is 2.67. The van der Waals surface area contributed by atoms with Crippen LogP contribution in [0.1, 0.15) is 30.0 Å². The lowest BCUT2D eigenvalue weighted by Gasteiger charge is -2.13. The predicted octanol–water partition coefficient (Wildman–Crippen LogP) is 2.98. The van der Waals surface area contributed by atoms with Gasteiger partial charge in [-0.3, -0.25) is 0 Å². The van der Waals surface area contributed by atoms with Crippen LogP contribution in [0.4, 0.5) is 0 Å². The van der Waals surface area contributed by atoms with Gasteiger partial charge in [0.05, 0.1) is 5.69 Å². The molecule has 1 N–H and O–H groups in total. The van der Waals surface area contributed by atoms with Gasteiger partial charge in [0.15, 0.2) is 0 Å². The Morgan fingerprint density at radius 3 is 3.07 bits per heavy atom. The van der Waals surface area contributed by atoms with Gasteiger partial charge < -0.3 is 9.84 Å². The van der Waals surface area contributed by atoms with E-state index < -0.39 is 0 Å². The van der Waals surface area contributed by atoms with Gasteiger partial charge in [0.1, 0.15) is 6.26 Å². The molecule has 2 aromatic heterocycles. The quantitative estimate of drug-likeness (QED) is 0.845. The molecule has 0 spiro atoms. The summed E-state index contributed by atoms with van der Waals surface area (Å²) in [6.45, 7) is 2.94. The lowest BCUT2D eigenvalue weighted by molar-refractivity contribution is 0.404. The summed E-state index contributed by atoms with van der Waals surface area (Å²) in [6.07, 6.45) is 2.68. The maximum Gasteiger partial charge on any atom is 0.124 e. The molecule has 4 heteroatoms. The van der Waals surface area contributed by atoms with Crippen molar-refractivity contribution in [3.05, 3.63) is 40.4 Å². The molecule has 0 radical (unpaired) electrons. The zero-order valence-corrected chi connectivity index (χ0v) is 9.46. The number of rotatable bonds is 5. The summed E-state index contributed by atoms with van der Waals surface area (Å²) in [7, 11) is 0. The maximum absolute atomic E-state index is 4.78. The first-order valence-electron chi connectivity index (χ1n) is 5.06. The van der Waals surface area contributed by atoms with E-state index in [0.29, 0.717) is 6.04 Å². The molecule has 80 valence electrons. The van der Waals surface area contributed by atoms with Crippen molar-refractivity contribution in [3.63, 3.8) is 0 Å². The Bertz CT molecular complexity index is 369. The third-order valence-corrected chi connectivity index (χ3v) is 3.30. The number of hydrogen-bond donors (Lipinski definition) is 1. The third-order valence-electron chi connectivity index (χ3n) is 2.32. The van der Waals surface area contributed by atoms with Crippen molar-refractivity contribution in [1.29, 1.82) is 0 Å².